The van der Waals surface area contributed by atoms with Gasteiger partial charge in [-0.3, -0.25) is 4.79 Å². The minimum Gasteiger partial charge on any atom is -0.503 e. The first-order valence-corrected chi connectivity index (χ1v) is 9.45. The summed E-state index contributed by atoms with van der Waals surface area (Å²) in [6, 6.07) is 8.03. The number of carbonyl (C=O) groups is 1. The summed E-state index contributed by atoms with van der Waals surface area (Å²) in [6.45, 7) is 12.8. The number of allylic oxidation sites excluding steroid dienone is 3. The second-order valence-corrected chi connectivity index (χ2v) is 4.81. The minimum atomic E-state index is -0.339. The summed E-state index contributed by atoms with van der Waals surface area (Å²) in [6.07, 6.45) is 7.56. The maximum atomic E-state index is 11.2. The van der Waals surface area contributed by atoms with E-state index in [1.165, 1.54) is 13.1 Å². The summed E-state index contributed by atoms with van der Waals surface area (Å²) < 4.78 is 0. The van der Waals surface area contributed by atoms with Gasteiger partial charge in [-0.25, -0.2) is 0 Å². The minimum absolute atomic E-state index is 0.233. The van der Waals surface area contributed by atoms with Crippen LogP contribution in [0.25, 0.3) is 5.57 Å². The van der Waals surface area contributed by atoms with E-state index in [0.29, 0.717) is 6.54 Å². The van der Waals surface area contributed by atoms with Gasteiger partial charge in [-0.05, 0) is 42.5 Å². The Hall–Kier alpha value is -2.53. The zero-order valence-electron chi connectivity index (χ0n) is 17.8. The smallest absolute Gasteiger partial charge is 0.195 e. The number of nitrogens with one attached hydrogen (secondary N) is 1. The number of benzene rings is 1. The Morgan fingerprint density at radius 3 is 2.33 bits per heavy atom. The summed E-state index contributed by atoms with van der Waals surface area (Å²) >= 11 is 0. The third-order valence-electron chi connectivity index (χ3n) is 3.31. The second kappa shape index (κ2) is 16.9. The fourth-order valence-electron chi connectivity index (χ4n) is 2.12. The molecule has 0 unspecified atom stereocenters. The zero-order chi connectivity index (χ0) is 21.2. The Labute approximate surface area is 164 Å². The molecule has 5 heteroatoms. The maximum Gasteiger partial charge on any atom is 0.195 e. The molecule has 2 rings (SSSR count). The van der Waals surface area contributed by atoms with Gasteiger partial charge >= 0.3 is 0 Å². The molecule has 1 aromatic rings. The van der Waals surface area contributed by atoms with E-state index < -0.39 is 0 Å². The number of rotatable bonds is 5. The van der Waals surface area contributed by atoms with Crippen LogP contribution in [-0.4, -0.2) is 36.2 Å². The van der Waals surface area contributed by atoms with Crippen LogP contribution in [0.2, 0.25) is 0 Å². The van der Waals surface area contributed by atoms with E-state index in [0.717, 1.165) is 30.5 Å². The molecule has 0 fully saturated rings. The van der Waals surface area contributed by atoms with Crippen molar-refractivity contribution >= 4 is 17.0 Å². The molecule has 152 valence electrons. The molecule has 1 aromatic carbocycles. The summed E-state index contributed by atoms with van der Waals surface area (Å²) in [5.74, 6) is -0.572. The van der Waals surface area contributed by atoms with Crippen LogP contribution in [0.15, 0.2) is 54.6 Å². The summed E-state index contributed by atoms with van der Waals surface area (Å²) in [4.78, 5) is 13.0. The molecule has 0 bridgehead atoms. The lowest BCUT2D eigenvalue weighted by molar-refractivity contribution is -0.115. The fraction of sp³-hybridized carbons (Fsp3) is 0.409. The SMILES string of the molecule is CC.CC.CCN(/C=C(/O)C(C)=O)c1cccc(C2=CCNC=C2)c1.CO. The van der Waals surface area contributed by atoms with Gasteiger partial charge in [0.25, 0.3) is 0 Å². The monoisotopic (exact) mass is 376 g/mol. The van der Waals surface area contributed by atoms with Crippen LogP contribution in [0.4, 0.5) is 5.69 Å². The average Bonchev–Trinajstić information content (AvgIpc) is 2.76. The molecule has 0 amide bonds. The first kappa shape index (κ1) is 26.7. The van der Waals surface area contributed by atoms with Crippen molar-refractivity contribution in [1.82, 2.24) is 5.32 Å². The number of nitrogens with zero attached hydrogens (tertiary/aromatic N) is 1. The first-order valence-electron chi connectivity index (χ1n) is 9.45. The third-order valence-corrected chi connectivity index (χ3v) is 3.31. The lowest BCUT2D eigenvalue weighted by Crippen LogP contribution is -2.17. The highest BCUT2D eigenvalue weighted by atomic mass is 16.3. The Kier molecular flexibility index (Phi) is 16.7. The van der Waals surface area contributed by atoms with E-state index in [1.54, 1.807) is 0 Å². The van der Waals surface area contributed by atoms with Crippen LogP contribution in [0.3, 0.4) is 0 Å². The van der Waals surface area contributed by atoms with Crippen molar-refractivity contribution in [2.24, 2.45) is 0 Å². The number of aliphatic hydroxyl groups excluding tert-OH is 2. The number of hydrogen-bond donors (Lipinski definition) is 3. The molecule has 0 atom stereocenters. The molecule has 3 N–H and O–H groups in total. The molecule has 0 aliphatic carbocycles. The Balaban J connectivity index is 0. The van der Waals surface area contributed by atoms with Gasteiger partial charge in [0.1, 0.15) is 0 Å². The zero-order valence-corrected chi connectivity index (χ0v) is 17.8. The van der Waals surface area contributed by atoms with Gasteiger partial charge in [0.2, 0.25) is 0 Å². The molecule has 0 saturated heterocycles. The largest absolute Gasteiger partial charge is 0.503 e. The van der Waals surface area contributed by atoms with Crippen molar-refractivity contribution < 1.29 is 15.0 Å². The number of anilines is 1. The normalized spacial score (nSPS) is 11.9. The lowest BCUT2D eigenvalue weighted by atomic mass is 10.0. The number of ketones is 1. The van der Waals surface area contributed by atoms with Crippen LogP contribution in [0.5, 0.6) is 0 Å². The van der Waals surface area contributed by atoms with Gasteiger partial charge < -0.3 is 20.4 Å². The van der Waals surface area contributed by atoms with Crippen molar-refractivity contribution in [3.05, 3.63) is 60.1 Å². The second-order valence-electron chi connectivity index (χ2n) is 4.81. The van der Waals surface area contributed by atoms with E-state index in [-0.39, 0.29) is 11.5 Å². The Morgan fingerprint density at radius 2 is 1.85 bits per heavy atom. The number of carbonyl (C=O) groups excluding carboxylic acids is 1. The van der Waals surface area contributed by atoms with Crippen molar-refractivity contribution in [2.75, 3.05) is 25.1 Å². The molecule has 0 radical (unpaired) electrons. The molecule has 0 spiro atoms. The summed E-state index contributed by atoms with van der Waals surface area (Å²) in [5.41, 5.74) is 3.21. The predicted octanol–water partition coefficient (Wildman–Crippen LogP) is 4.66. The highest BCUT2D eigenvalue weighted by Gasteiger charge is 2.08. The summed E-state index contributed by atoms with van der Waals surface area (Å²) in [5, 5.41) is 19.8. The molecule has 1 aliphatic heterocycles. The highest BCUT2D eigenvalue weighted by molar-refractivity contribution is 5.91. The Bertz CT molecular complexity index is 620. The number of dihydropyridines is 1. The molecular weight excluding hydrogens is 340 g/mol. The molecule has 1 aliphatic rings. The van der Waals surface area contributed by atoms with Gasteiger partial charge in [-0.15, -0.1) is 0 Å². The predicted molar refractivity (Wildman–Crippen MR) is 117 cm³/mol. The van der Waals surface area contributed by atoms with Crippen LogP contribution >= 0.6 is 0 Å². The fourth-order valence-corrected chi connectivity index (χ4v) is 2.12. The average molecular weight is 377 g/mol. The molecular formula is C22H36N2O3. The lowest BCUT2D eigenvalue weighted by Gasteiger charge is -2.20. The van der Waals surface area contributed by atoms with Gasteiger partial charge in [0.15, 0.2) is 11.5 Å². The molecule has 1 heterocycles. The van der Waals surface area contributed by atoms with Crippen LogP contribution < -0.4 is 10.2 Å². The van der Waals surface area contributed by atoms with Gasteiger partial charge in [0, 0.05) is 39.0 Å². The number of Topliss-reactive ketones (excluding diaryl/α,β-unsaturated/α-hetero) is 1. The van der Waals surface area contributed by atoms with Gasteiger partial charge in [0.05, 0.1) is 0 Å². The van der Waals surface area contributed by atoms with Crippen LogP contribution in [0, 0.1) is 0 Å². The van der Waals surface area contributed by atoms with E-state index in [4.69, 9.17) is 5.11 Å². The van der Waals surface area contributed by atoms with Crippen molar-refractivity contribution in [1.29, 1.82) is 0 Å². The van der Waals surface area contributed by atoms with E-state index in [1.807, 2.05) is 70.0 Å². The summed E-state index contributed by atoms with van der Waals surface area (Å²) in [7, 11) is 1.00. The van der Waals surface area contributed by atoms with E-state index in [9.17, 15) is 9.90 Å². The molecule has 5 nitrogen and oxygen atoms in total. The van der Waals surface area contributed by atoms with Crippen LogP contribution in [0.1, 0.15) is 47.1 Å². The van der Waals surface area contributed by atoms with Crippen molar-refractivity contribution in [3.63, 3.8) is 0 Å². The first-order chi connectivity index (χ1) is 13.1. The standard InChI is InChI=1S/C17H20N2O2.2C2H6.CH4O/c1-3-19(12-17(21)13(2)20)16-6-4-5-15(11-16)14-7-9-18-10-8-14;3*1-2/h4-9,11-12,18,21H,3,10H2,1-2H3;2*1-2H3;2H,1H3/b17-12+;;;. The van der Waals surface area contributed by atoms with Gasteiger partial charge in [-0.1, -0.05) is 45.9 Å². The molecule has 0 saturated carbocycles. The molecule has 27 heavy (non-hydrogen) atoms. The molecule has 0 aromatic heterocycles. The third kappa shape index (κ3) is 9.66. The maximum absolute atomic E-state index is 11.2. The quantitative estimate of drug-likeness (QED) is 0.515. The highest BCUT2D eigenvalue weighted by Crippen LogP contribution is 2.23. The van der Waals surface area contributed by atoms with Gasteiger partial charge in [-0.2, -0.15) is 0 Å². The van der Waals surface area contributed by atoms with Crippen LogP contribution in [-0.2, 0) is 4.79 Å². The Morgan fingerprint density at radius 1 is 1.22 bits per heavy atom. The number of aliphatic hydroxyl groups is 2. The van der Waals surface area contributed by atoms with E-state index >= 15 is 0 Å². The van der Waals surface area contributed by atoms with Crippen molar-refractivity contribution in [3.8, 4) is 0 Å². The number of hydrogen-bond acceptors (Lipinski definition) is 5. The topological polar surface area (TPSA) is 72.8 Å². The van der Waals surface area contributed by atoms with Crippen molar-refractivity contribution in [2.45, 2.75) is 41.5 Å². The van der Waals surface area contributed by atoms with E-state index in [2.05, 4.69) is 17.5 Å².